The fourth-order valence-corrected chi connectivity index (χ4v) is 1.27. The predicted molar refractivity (Wildman–Crippen MR) is 47.3 cm³/mol. The smallest absolute Gasteiger partial charge is 0.309 e. The van der Waals surface area contributed by atoms with Gasteiger partial charge in [-0.1, -0.05) is 24.3 Å². The first-order valence-electron chi connectivity index (χ1n) is 4.09. The number of carbonyl (C=O) groups is 1. The molecule has 4 heteroatoms. The standard InChI is InChI=1S/C10H10F2O2/c1-7-4-2-3-5-8(7)10(11,12)6-9(13)14/h2-5H,6H2,1H3,(H,13,14). The molecule has 0 saturated carbocycles. The SMILES string of the molecule is Cc1ccccc1C(F)(F)CC(=O)O. The fraction of sp³-hybridized carbons (Fsp3) is 0.300. The van der Waals surface area contributed by atoms with Crippen LogP contribution in [0.15, 0.2) is 24.3 Å². The van der Waals surface area contributed by atoms with Crippen molar-refractivity contribution in [1.82, 2.24) is 0 Å². The second kappa shape index (κ2) is 3.74. The highest BCUT2D eigenvalue weighted by Crippen LogP contribution is 2.33. The molecule has 0 fully saturated rings. The number of aliphatic carboxylic acids is 1. The lowest BCUT2D eigenvalue weighted by atomic mass is 10.0. The Hall–Kier alpha value is -1.45. The van der Waals surface area contributed by atoms with Gasteiger partial charge >= 0.3 is 5.97 Å². The van der Waals surface area contributed by atoms with Crippen LogP contribution in [0.4, 0.5) is 8.78 Å². The number of carboxylic acid groups (broad SMARTS) is 1. The molecule has 0 radical (unpaired) electrons. The number of carboxylic acids is 1. The zero-order valence-corrected chi connectivity index (χ0v) is 7.63. The summed E-state index contributed by atoms with van der Waals surface area (Å²) in [4.78, 5) is 10.2. The zero-order valence-electron chi connectivity index (χ0n) is 7.63. The van der Waals surface area contributed by atoms with Crippen LogP contribution in [0.3, 0.4) is 0 Å². The molecule has 14 heavy (non-hydrogen) atoms. The molecule has 0 bridgehead atoms. The molecule has 1 rings (SSSR count). The number of hydrogen-bond acceptors (Lipinski definition) is 1. The topological polar surface area (TPSA) is 37.3 Å². The summed E-state index contributed by atoms with van der Waals surface area (Å²) in [7, 11) is 0. The van der Waals surface area contributed by atoms with Gasteiger partial charge in [0.05, 0.1) is 0 Å². The van der Waals surface area contributed by atoms with Crippen LogP contribution >= 0.6 is 0 Å². The third kappa shape index (κ3) is 2.28. The highest BCUT2D eigenvalue weighted by molar-refractivity contribution is 5.68. The van der Waals surface area contributed by atoms with Crippen molar-refractivity contribution in [2.45, 2.75) is 19.3 Å². The zero-order chi connectivity index (χ0) is 10.8. The van der Waals surface area contributed by atoms with E-state index in [1.165, 1.54) is 25.1 Å². The van der Waals surface area contributed by atoms with Gasteiger partial charge in [0.2, 0.25) is 0 Å². The van der Waals surface area contributed by atoms with Crippen LogP contribution in [-0.4, -0.2) is 11.1 Å². The average molecular weight is 200 g/mol. The van der Waals surface area contributed by atoms with E-state index in [0.29, 0.717) is 5.56 Å². The minimum atomic E-state index is -3.29. The van der Waals surface area contributed by atoms with Crippen LogP contribution in [0.25, 0.3) is 0 Å². The summed E-state index contributed by atoms with van der Waals surface area (Å²) in [6, 6.07) is 5.89. The minimum absolute atomic E-state index is 0.220. The van der Waals surface area contributed by atoms with Crippen molar-refractivity contribution in [3.05, 3.63) is 35.4 Å². The Morgan fingerprint density at radius 2 is 2.00 bits per heavy atom. The maximum atomic E-state index is 13.3. The average Bonchev–Trinajstić information content (AvgIpc) is 2.02. The number of hydrogen-bond donors (Lipinski definition) is 1. The van der Waals surface area contributed by atoms with Crippen LogP contribution in [-0.2, 0) is 10.7 Å². The molecule has 76 valence electrons. The van der Waals surface area contributed by atoms with E-state index in [-0.39, 0.29) is 5.56 Å². The lowest BCUT2D eigenvalue weighted by Crippen LogP contribution is -2.19. The van der Waals surface area contributed by atoms with Crippen LogP contribution in [0.2, 0.25) is 0 Å². The van der Waals surface area contributed by atoms with Crippen LogP contribution in [0.1, 0.15) is 17.5 Å². The third-order valence-electron chi connectivity index (χ3n) is 1.91. The Balaban J connectivity index is 3.03. The van der Waals surface area contributed by atoms with Crippen LogP contribution in [0.5, 0.6) is 0 Å². The van der Waals surface area contributed by atoms with Crippen molar-refractivity contribution in [2.24, 2.45) is 0 Å². The van der Waals surface area contributed by atoms with Gasteiger partial charge in [0.15, 0.2) is 0 Å². The number of benzene rings is 1. The Morgan fingerprint density at radius 1 is 1.43 bits per heavy atom. The van der Waals surface area contributed by atoms with Gasteiger partial charge < -0.3 is 5.11 Å². The van der Waals surface area contributed by atoms with E-state index in [1.54, 1.807) is 6.07 Å². The molecular weight excluding hydrogens is 190 g/mol. The van der Waals surface area contributed by atoms with E-state index in [9.17, 15) is 13.6 Å². The molecule has 0 amide bonds. The van der Waals surface area contributed by atoms with E-state index in [0.717, 1.165) is 0 Å². The number of halogens is 2. The Bertz CT molecular complexity index is 348. The Labute approximate surface area is 80.2 Å². The summed E-state index contributed by atoms with van der Waals surface area (Å²) in [5.41, 5.74) is 0.182. The van der Waals surface area contributed by atoms with Crippen LogP contribution < -0.4 is 0 Å². The van der Waals surface area contributed by atoms with E-state index in [2.05, 4.69) is 0 Å². The van der Waals surface area contributed by atoms with Crippen molar-refractivity contribution >= 4 is 5.97 Å². The summed E-state index contributed by atoms with van der Waals surface area (Å²) in [6.07, 6.45) is -1.17. The highest BCUT2D eigenvalue weighted by Gasteiger charge is 2.35. The minimum Gasteiger partial charge on any atom is -0.481 e. The van der Waals surface area contributed by atoms with Gasteiger partial charge in [-0.05, 0) is 12.5 Å². The van der Waals surface area contributed by atoms with Gasteiger partial charge in [-0.2, -0.15) is 0 Å². The maximum absolute atomic E-state index is 13.3. The molecule has 0 saturated heterocycles. The number of rotatable bonds is 3. The molecule has 0 spiro atoms. The molecule has 0 aliphatic heterocycles. The summed E-state index contributed by atoms with van der Waals surface area (Å²) >= 11 is 0. The van der Waals surface area contributed by atoms with E-state index in [1.807, 2.05) is 0 Å². The van der Waals surface area contributed by atoms with Gasteiger partial charge in [-0.15, -0.1) is 0 Å². The van der Waals surface area contributed by atoms with Gasteiger partial charge in [0.1, 0.15) is 6.42 Å². The summed E-state index contributed by atoms with van der Waals surface area (Å²) < 4.78 is 26.6. The lowest BCUT2D eigenvalue weighted by molar-refractivity contribution is -0.145. The molecule has 0 heterocycles. The number of alkyl halides is 2. The van der Waals surface area contributed by atoms with Gasteiger partial charge in [0.25, 0.3) is 5.92 Å². The van der Waals surface area contributed by atoms with Crippen molar-refractivity contribution < 1.29 is 18.7 Å². The van der Waals surface area contributed by atoms with Gasteiger partial charge in [-0.25, -0.2) is 8.78 Å². The monoisotopic (exact) mass is 200 g/mol. The van der Waals surface area contributed by atoms with Crippen LogP contribution in [0, 0.1) is 6.92 Å². The predicted octanol–water partition coefficient (Wildman–Crippen LogP) is 2.56. The van der Waals surface area contributed by atoms with E-state index >= 15 is 0 Å². The Morgan fingerprint density at radius 3 is 2.50 bits per heavy atom. The molecule has 1 aromatic carbocycles. The first kappa shape index (κ1) is 10.6. The third-order valence-corrected chi connectivity index (χ3v) is 1.91. The molecule has 0 atom stereocenters. The lowest BCUT2D eigenvalue weighted by Gasteiger charge is -2.16. The first-order chi connectivity index (χ1) is 6.43. The van der Waals surface area contributed by atoms with Crippen molar-refractivity contribution in [3.8, 4) is 0 Å². The number of aryl methyl sites for hydroxylation is 1. The van der Waals surface area contributed by atoms with Crippen molar-refractivity contribution in [1.29, 1.82) is 0 Å². The molecule has 2 nitrogen and oxygen atoms in total. The van der Waals surface area contributed by atoms with Crippen molar-refractivity contribution in [2.75, 3.05) is 0 Å². The van der Waals surface area contributed by atoms with E-state index < -0.39 is 18.3 Å². The fourth-order valence-electron chi connectivity index (χ4n) is 1.27. The van der Waals surface area contributed by atoms with Crippen molar-refractivity contribution in [3.63, 3.8) is 0 Å². The maximum Gasteiger partial charge on any atom is 0.309 e. The summed E-state index contributed by atoms with van der Waals surface area (Å²) in [5.74, 6) is -4.80. The molecule has 0 aliphatic carbocycles. The first-order valence-corrected chi connectivity index (χ1v) is 4.09. The molecule has 0 aromatic heterocycles. The molecular formula is C10H10F2O2. The quantitative estimate of drug-likeness (QED) is 0.814. The normalized spacial score (nSPS) is 11.4. The largest absolute Gasteiger partial charge is 0.481 e. The second-order valence-corrected chi connectivity index (χ2v) is 3.09. The summed E-state index contributed by atoms with van der Waals surface area (Å²) in [6.45, 7) is 1.53. The van der Waals surface area contributed by atoms with Gasteiger partial charge in [0, 0.05) is 5.56 Å². The second-order valence-electron chi connectivity index (χ2n) is 3.09. The highest BCUT2D eigenvalue weighted by atomic mass is 19.3. The molecule has 1 N–H and O–H groups in total. The Kier molecular flexibility index (Phi) is 2.84. The van der Waals surface area contributed by atoms with E-state index in [4.69, 9.17) is 5.11 Å². The van der Waals surface area contributed by atoms with Gasteiger partial charge in [-0.3, -0.25) is 4.79 Å². The molecule has 0 aliphatic rings. The summed E-state index contributed by atoms with van der Waals surface area (Å²) in [5, 5.41) is 8.32. The molecule has 1 aromatic rings. The molecule has 0 unspecified atom stereocenters.